The normalized spacial score (nSPS) is 20.6. The molecule has 1 unspecified atom stereocenters. The van der Waals surface area contributed by atoms with Crippen molar-refractivity contribution in [1.29, 1.82) is 0 Å². The molecule has 1 heterocycles. The number of thiol groups is 1. The molecule has 1 aliphatic heterocycles. The van der Waals surface area contributed by atoms with E-state index >= 15 is 0 Å². The van der Waals surface area contributed by atoms with Crippen molar-refractivity contribution in [3.05, 3.63) is 27.4 Å². The van der Waals surface area contributed by atoms with Crippen molar-refractivity contribution in [2.75, 3.05) is 11.4 Å². The highest BCUT2D eigenvalue weighted by Crippen LogP contribution is 2.33. The molecule has 1 atom stereocenters. The molecule has 0 radical (unpaired) electrons. The Labute approximate surface area is 111 Å². The smallest absolute Gasteiger partial charge is 0.228 e. The van der Waals surface area contributed by atoms with E-state index in [1.54, 1.807) is 0 Å². The third kappa shape index (κ3) is 2.21. The molecule has 1 fully saturated rings. The fourth-order valence-corrected chi connectivity index (χ4v) is 2.43. The van der Waals surface area contributed by atoms with Gasteiger partial charge in [0.05, 0.1) is 10.7 Å². The summed E-state index contributed by atoms with van der Waals surface area (Å²) in [4.78, 5) is 13.0. The van der Waals surface area contributed by atoms with Gasteiger partial charge in [-0.05, 0) is 28.1 Å². The zero-order valence-corrected chi connectivity index (χ0v) is 11.3. The number of carbonyl (C=O) groups is 1. The summed E-state index contributed by atoms with van der Waals surface area (Å²) in [6.07, 6.45) is 0.330. The second kappa shape index (κ2) is 4.55. The van der Waals surface area contributed by atoms with E-state index in [9.17, 15) is 9.18 Å². The number of hydrogen-bond acceptors (Lipinski definition) is 2. The lowest BCUT2D eigenvalue weighted by Gasteiger charge is -2.17. The number of nitrogens with zero attached hydrogens (tertiary/aromatic N) is 1. The zero-order valence-electron chi connectivity index (χ0n) is 8.08. The van der Waals surface area contributed by atoms with Crippen LogP contribution in [0.5, 0.6) is 0 Å². The molecule has 0 aromatic heterocycles. The first kappa shape index (κ1) is 12.2. The monoisotopic (exact) mass is 323 g/mol. The lowest BCUT2D eigenvalue weighted by molar-refractivity contribution is -0.117. The predicted octanol–water partition coefficient (Wildman–Crippen LogP) is 3.28. The SMILES string of the molecule is O=C1CC(S)CN1c1cc(Cl)c(Br)cc1F. The lowest BCUT2D eigenvalue weighted by Crippen LogP contribution is -2.25. The number of rotatable bonds is 1. The summed E-state index contributed by atoms with van der Waals surface area (Å²) in [5.74, 6) is -0.593. The number of benzene rings is 1. The van der Waals surface area contributed by atoms with Crippen molar-refractivity contribution < 1.29 is 9.18 Å². The van der Waals surface area contributed by atoms with Crippen LogP contribution < -0.4 is 4.90 Å². The maximum Gasteiger partial charge on any atom is 0.228 e. The molecule has 0 bridgehead atoms. The van der Waals surface area contributed by atoms with Gasteiger partial charge in [0.2, 0.25) is 5.91 Å². The number of anilines is 1. The average molecular weight is 325 g/mol. The molecule has 2 rings (SSSR count). The molecule has 6 heteroatoms. The molecular weight excluding hydrogens is 317 g/mol. The summed E-state index contributed by atoms with van der Waals surface area (Å²) >= 11 is 13.2. The third-order valence-corrected chi connectivity index (χ3v) is 3.93. The van der Waals surface area contributed by atoms with Crippen LogP contribution in [0, 0.1) is 5.82 Å². The highest BCUT2D eigenvalue weighted by Gasteiger charge is 2.30. The van der Waals surface area contributed by atoms with E-state index < -0.39 is 5.82 Å². The molecule has 1 aromatic carbocycles. The van der Waals surface area contributed by atoms with Gasteiger partial charge in [-0.3, -0.25) is 4.79 Å². The van der Waals surface area contributed by atoms with E-state index in [0.29, 0.717) is 22.5 Å². The van der Waals surface area contributed by atoms with Gasteiger partial charge in [-0.25, -0.2) is 4.39 Å². The van der Waals surface area contributed by atoms with Gasteiger partial charge in [0, 0.05) is 22.7 Å². The van der Waals surface area contributed by atoms with Gasteiger partial charge in [0.15, 0.2) is 0 Å². The molecular formula is C10H8BrClFNOS. The highest BCUT2D eigenvalue weighted by molar-refractivity contribution is 9.10. The van der Waals surface area contributed by atoms with Gasteiger partial charge in [0.1, 0.15) is 5.82 Å². The van der Waals surface area contributed by atoms with Crippen molar-refractivity contribution in [3.63, 3.8) is 0 Å². The minimum Gasteiger partial charge on any atom is -0.308 e. The van der Waals surface area contributed by atoms with E-state index in [2.05, 4.69) is 28.6 Å². The molecule has 1 aliphatic rings. The van der Waals surface area contributed by atoms with Gasteiger partial charge < -0.3 is 4.90 Å². The number of halogens is 3. The van der Waals surface area contributed by atoms with Crippen LogP contribution in [0.15, 0.2) is 16.6 Å². The van der Waals surface area contributed by atoms with E-state index in [1.165, 1.54) is 17.0 Å². The minimum absolute atomic E-state index is 0.0469. The molecule has 1 saturated heterocycles. The lowest BCUT2D eigenvalue weighted by atomic mass is 10.3. The fraction of sp³-hybridized carbons (Fsp3) is 0.300. The number of carbonyl (C=O) groups excluding carboxylic acids is 1. The van der Waals surface area contributed by atoms with Crippen LogP contribution in [-0.4, -0.2) is 17.7 Å². The van der Waals surface area contributed by atoms with Crippen molar-refractivity contribution in [1.82, 2.24) is 0 Å². The fourth-order valence-electron chi connectivity index (χ4n) is 1.64. The van der Waals surface area contributed by atoms with Crippen molar-refractivity contribution in [3.8, 4) is 0 Å². The minimum atomic E-state index is -0.466. The Balaban J connectivity index is 2.41. The predicted molar refractivity (Wildman–Crippen MR) is 68.9 cm³/mol. The van der Waals surface area contributed by atoms with Gasteiger partial charge in [-0.15, -0.1) is 0 Å². The van der Waals surface area contributed by atoms with E-state index in [-0.39, 0.29) is 16.8 Å². The van der Waals surface area contributed by atoms with Crippen LogP contribution in [0.4, 0.5) is 10.1 Å². The van der Waals surface area contributed by atoms with Gasteiger partial charge >= 0.3 is 0 Å². The van der Waals surface area contributed by atoms with Crippen LogP contribution in [0.1, 0.15) is 6.42 Å². The summed E-state index contributed by atoms with van der Waals surface area (Å²) in [7, 11) is 0. The Bertz CT molecular complexity index is 457. The Morgan fingerprint density at radius 3 is 2.81 bits per heavy atom. The van der Waals surface area contributed by atoms with Crippen LogP contribution in [-0.2, 0) is 4.79 Å². The van der Waals surface area contributed by atoms with Crippen molar-refractivity contribution in [2.24, 2.45) is 0 Å². The molecule has 0 aliphatic carbocycles. The first-order valence-electron chi connectivity index (χ1n) is 4.62. The van der Waals surface area contributed by atoms with Crippen LogP contribution >= 0.6 is 40.2 Å². The van der Waals surface area contributed by atoms with Gasteiger partial charge in [-0.2, -0.15) is 12.6 Å². The molecule has 0 N–H and O–H groups in total. The second-order valence-electron chi connectivity index (χ2n) is 3.58. The summed E-state index contributed by atoms with van der Waals surface area (Å²) in [6, 6.07) is 2.71. The first-order valence-corrected chi connectivity index (χ1v) is 6.30. The second-order valence-corrected chi connectivity index (χ2v) is 5.57. The maximum atomic E-state index is 13.7. The summed E-state index contributed by atoms with van der Waals surface area (Å²) < 4.78 is 14.2. The molecule has 1 amide bonds. The van der Waals surface area contributed by atoms with Crippen LogP contribution in [0.2, 0.25) is 5.02 Å². The third-order valence-electron chi connectivity index (χ3n) is 2.39. The van der Waals surface area contributed by atoms with Crippen LogP contribution in [0.3, 0.4) is 0 Å². The molecule has 86 valence electrons. The average Bonchev–Trinajstić information content (AvgIpc) is 2.51. The maximum absolute atomic E-state index is 13.7. The van der Waals surface area contributed by atoms with Gasteiger partial charge in [-0.1, -0.05) is 11.6 Å². The van der Waals surface area contributed by atoms with Gasteiger partial charge in [0.25, 0.3) is 0 Å². The van der Waals surface area contributed by atoms with Crippen molar-refractivity contribution in [2.45, 2.75) is 11.7 Å². The van der Waals surface area contributed by atoms with Crippen LogP contribution in [0.25, 0.3) is 0 Å². The Hall–Kier alpha value is -0.260. The summed E-state index contributed by atoms with van der Waals surface area (Å²) in [5, 5.41) is 0.334. The largest absolute Gasteiger partial charge is 0.308 e. The molecule has 1 aromatic rings. The molecule has 16 heavy (non-hydrogen) atoms. The van der Waals surface area contributed by atoms with E-state index in [1.807, 2.05) is 0 Å². The molecule has 0 saturated carbocycles. The summed E-state index contributed by atoms with van der Waals surface area (Å²) in [5.41, 5.74) is 0.217. The number of amides is 1. The number of hydrogen-bond donors (Lipinski definition) is 1. The van der Waals surface area contributed by atoms with E-state index in [4.69, 9.17) is 11.6 Å². The van der Waals surface area contributed by atoms with E-state index in [0.717, 1.165) is 0 Å². The van der Waals surface area contributed by atoms with Crippen molar-refractivity contribution >= 4 is 51.8 Å². The Kier molecular flexibility index (Phi) is 3.47. The quantitative estimate of drug-likeness (QED) is 0.621. The first-order chi connectivity index (χ1) is 7.49. The Morgan fingerprint density at radius 2 is 2.25 bits per heavy atom. The standard InChI is InChI=1S/C10H8BrClFNOS/c11-6-2-8(13)9(3-7(6)12)14-4-5(16)1-10(14)15/h2-3,5,16H,1,4H2. The topological polar surface area (TPSA) is 20.3 Å². The zero-order chi connectivity index (χ0) is 11.9. The molecule has 0 spiro atoms. The molecule has 2 nitrogen and oxygen atoms in total. The Morgan fingerprint density at radius 1 is 1.56 bits per heavy atom. The summed E-state index contributed by atoms with van der Waals surface area (Å²) in [6.45, 7) is 0.414. The highest BCUT2D eigenvalue weighted by atomic mass is 79.9.